The minimum atomic E-state index is 0.267. The number of fused-ring (bicyclic) bond motifs is 1. The van der Waals surface area contributed by atoms with Crippen molar-refractivity contribution in [3.63, 3.8) is 0 Å². The second-order valence-electron chi connectivity index (χ2n) is 7.20. The number of hydrogen-bond acceptors (Lipinski definition) is 7. The van der Waals surface area contributed by atoms with E-state index in [2.05, 4.69) is 20.5 Å². The van der Waals surface area contributed by atoms with Crippen molar-refractivity contribution in [1.29, 1.82) is 0 Å². The van der Waals surface area contributed by atoms with Gasteiger partial charge in [0.25, 0.3) is 0 Å². The molecule has 5 rings (SSSR count). The Morgan fingerprint density at radius 1 is 1.03 bits per heavy atom. The average molecular weight is 419 g/mol. The number of benzene rings is 2. The Bertz CT molecular complexity index is 1160. The van der Waals surface area contributed by atoms with Crippen molar-refractivity contribution in [2.75, 3.05) is 25.1 Å². The Labute approximate surface area is 179 Å². The summed E-state index contributed by atoms with van der Waals surface area (Å²) in [7, 11) is 0. The van der Waals surface area contributed by atoms with Crippen molar-refractivity contribution < 1.29 is 4.74 Å². The molecule has 30 heavy (non-hydrogen) atoms. The average Bonchev–Trinajstić information content (AvgIpc) is 3.40. The Hall–Kier alpha value is -3.10. The molecule has 0 saturated carbocycles. The lowest BCUT2D eigenvalue weighted by Gasteiger charge is -2.13. The lowest BCUT2D eigenvalue weighted by molar-refractivity contribution is 0.475. The number of anilines is 1. The van der Waals surface area contributed by atoms with Crippen LogP contribution in [-0.2, 0) is 0 Å². The number of para-hydroxylation sites is 1. The topological polar surface area (TPSA) is 82.1 Å². The van der Waals surface area contributed by atoms with E-state index in [0.29, 0.717) is 5.82 Å². The number of aromatic nitrogens is 4. The Morgan fingerprint density at radius 2 is 1.80 bits per heavy atom. The predicted octanol–water partition coefficient (Wildman–Crippen LogP) is 4.39. The van der Waals surface area contributed by atoms with Crippen molar-refractivity contribution in [1.82, 2.24) is 24.1 Å². The Kier molecular flexibility index (Phi) is 5.02. The van der Waals surface area contributed by atoms with Crippen LogP contribution >= 0.6 is 11.9 Å². The quantitative estimate of drug-likeness (QED) is 0.481. The molecule has 0 aliphatic carbocycles. The van der Waals surface area contributed by atoms with Crippen molar-refractivity contribution in [2.24, 2.45) is 0 Å². The molecule has 0 spiro atoms. The minimum Gasteiger partial charge on any atom is -0.457 e. The summed E-state index contributed by atoms with van der Waals surface area (Å²) in [5, 5.41) is 5.74. The molecular formula is C22H22N6OS. The molecule has 1 atom stereocenters. The highest BCUT2D eigenvalue weighted by Crippen LogP contribution is 2.35. The highest BCUT2D eigenvalue weighted by atomic mass is 32.2. The first kappa shape index (κ1) is 18.9. The van der Waals surface area contributed by atoms with Gasteiger partial charge in [0.2, 0.25) is 0 Å². The fourth-order valence-corrected chi connectivity index (χ4v) is 4.44. The van der Waals surface area contributed by atoms with Gasteiger partial charge < -0.3 is 10.5 Å². The number of nitrogens with two attached hydrogens (primary N) is 1. The molecule has 1 aliphatic rings. The maximum absolute atomic E-state index is 6.25. The fraction of sp³-hybridized carbons (Fsp3) is 0.227. The van der Waals surface area contributed by atoms with Crippen LogP contribution in [0.15, 0.2) is 60.9 Å². The third-order valence-electron chi connectivity index (χ3n) is 5.35. The zero-order chi connectivity index (χ0) is 20.5. The van der Waals surface area contributed by atoms with E-state index in [1.807, 2.05) is 59.3 Å². The maximum atomic E-state index is 6.25. The van der Waals surface area contributed by atoms with E-state index in [9.17, 15) is 0 Å². The van der Waals surface area contributed by atoms with Crippen molar-refractivity contribution in [3.8, 4) is 22.8 Å². The molecule has 2 aromatic heterocycles. The molecule has 1 aliphatic heterocycles. The summed E-state index contributed by atoms with van der Waals surface area (Å²) in [6, 6.07) is 17.9. The monoisotopic (exact) mass is 418 g/mol. The number of nitrogens with zero attached hydrogens (tertiary/aromatic N) is 5. The van der Waals surface area contributed by atoms with E-state index in [1.54, 1.807) is 11.9 Å². The molecule has 4 aromatic rings. The molecule has 1 fully saturated rings. The van der Waals surface area contributed by atoms with Crippen LogP contribution in [0.4, 0.5) is 5.82 Å². The van der Waals surface area contributed by atoms with E-state index < -0.39 is 0 Å². The van der Waals surface area contributed by atoms with Crippen LogP contribution in [0, 0.1) is 0 Å². The van der Waals surface area contributed by atoms with E-state index in [-0.39, 0.29) is 6.04 Å². The first-order chi connectivity index (χ1) is 14.7. The third kappa shape index (κ3) is 3.48. The number of ether oxygens (including phenoxy) is 1. The second-order valence-corrected chi connectivity index (χ2v) is 8.08. The van der Waals surface area contributed by atoms with Gasteiger partial charge in [-0.3, -0.25) is 0 Å². The number of hydrogen-bond donors (Lipinski definition) is 1. The molecular weight excluding hydrogens is 396 g/mol. The molecule has 0 amide bonds. The Morgan fingerprint density at radius 3 is 2.53 bits per heavy atom. The smallest absolute Gasteiger partial charge is 0.164 e. The molecule has 1 saturated heterocycles. The van der Waals surface area contributed by atoms with Crippen LogP contribution in [-0.4, -0.2) is 43.4 Å². The molecule has 0 bridgehead atoms. The Balaban J connectivity index is 1.51. The molecule has 3 heterocycles. The second kappa shape index (κ2) is 7.97. The standard InChI is InChI=1S/C22H22N6OS/c1-30-27-12-11-16(13-27)28-22-19(21(23)24-14-25-22)20(26-28)15-7-9-18(10-8-15)29-17-5-3-2-4-6-17/h2-10,14,16H,11-13H2,1H3,(H2,23,24,25). The van der Waals surface area contributed by atoms with E-state index in [1.165, 1.54) is 6.33 Å². The van der Waals surface area contributed by atoms with Gasteiger partial charge in [-0.25, -0.2) is 19.0 Å². The largest absolute Gasteiger partial charge is 0.457 e. The predicted molar refractivity (Wildman–Crippen MR) is 120 cm³/mol. The van der Waals surface area contributed by atoms with Crippen LogP contribution in [0.5, 0.6) is 11.5 Å². The molecule has 2 aromatic carbocycles. The molecule has 7 nitrogen and oxygen atoms in total. The van der Waals surface area contributed by atoms with Gasteiger partial charge in [0, 0.05) is 18.7 Å². The fourth-order valence-electron chi connectivity index (χ4n) is 3.83. The van der Waals surface area contributed by atoms with E-state index >= 15 is 0 Å². The van der Waals surface area contributed by atoms with Gasteiger partial charge in [0.1, 0.15) is 29.3 Å². The van der Waals surface area contributed by atoms with Gasteiger partial charge in [-0.15, -0.1) is 0 Å². The van der Waals surface area contributed by atoms with Crippen molar-refractivity contribution >= 4 is 28.8 Å². The van der Waals surface area contributed by atoms with E-state index in [4.69, 9.17) is 15.6 Å². The van der Waals surface area contributed by atoms with Crippen LogP contribution in [0.1, 0.15) is 12.5 Å². The van der Waals surface area contributed by atoms with Gasteiger partial charge in [-0.1, -0.05) is 30.1 Å². The lowest BCUT2D eigenvalue weighted by atomic mass is 10.1. The first-order valence-corrected chi connectivity index (χ1v) is 11.0. The molecule has 0 radical (unpaired) electrons. The van der Waals surface area contributed by atoms with Gasteiger partial charge in [0.15, 0.2) is 5.65 Å². The molecule has 8 heteroatoms. The summed E-state index contributed by atoms with van der Waals surface area (Å²) in [6.07, 6.45) is 4.65. The van der Waals surface area contributed by atoms with Crippen LogP contribution in [0.3, 0.4) is 0 Å². The van der Waals surface area contributed by atoms with Gasteiger partial charge in [0.05, 0.1) is 11.4 Å². The number of rotatable bonds is 5. The van der Waals surface area contributed by atoms with Crippen LogP contribution in [0.2, 0.25) is 0 Å². The first-order valence-electron chi connectivity index (χ1n) is 9.84. The molecule has 1 unspecified atom stereocenters. The van der Waals surface area contributed by atoms with Crippen molar-refractivity contribution in [2.45, 2.75) is 12.5 Å². The maximum Gasteiger partial charge on any atom is 0.164 e. The SMILES string of the molecule is CSN1CCC(n2nc(-c3ccc(Oc4ccccc4)cc3)c3c(N)ncnc32)C1. The highest BCUT2D eigenvalue weighted by molar-refractivity contribution is 7.96. The van der Waals surface area contributed by atoms with Crippen LogP contribution in [0.25, 0.3) is 22.3 Å². The summed E-state index contributed by atoms with van der Waals surface area (Å²) in [4.78, 5) is 8.73. The highest BCUT2D eigenvalue weighted by Gasteiger charge is 2.28. The molecule has 2 N–H and O–H groups in total. The lowest BCUT2D eigenvalue weighted by Crippen LogP contribution is -2.15. The number of nitrogen functional groups attached to an aromatic ring is 1. The van der Waals surface area contributed by atoms with Gasteiger partial charge in [-0.2, -0.15) is 5.10 Å². The summed E-state index contributed by atoms with van der Waals surface area (Å²) in [6.45, 7) is 1.97. The summed E-state index contributed by atoms with van der Waals surface area (Å²) in [5.41, 5.74) is 8.80. The zero-order valence-electron chi connectivity index (χ0n) is 16.6. The van der Waals surface area contributed by atoms with Gasteiger partial charge >= 0.3 is 0 Å². The van der Waals surface area contributed by atoms with E-state index in [0.717, 1.165) is 53.3 Å². The normalized spacial score (nSPS) is 16.9. The summed E-state index contributed by atoms with van der Waals surface area (Å²) < 4.78 is 10.3. The van der Waals surface area contributed by atoms with Crippen LogP contribution < -0.4 is 10.5 Å². The van der Waals surface area contributed by atoms with Crippen molar-refractivity contribution in [3.05, 3.63) is 60.9 Å². The third-order valence-corrected chi connectivity index (χ3v) is 6.20. The minimum absolute atomic E-state index is 0.267. The molecule has 152 valence electrons. The zero-order valence-corrected chi connectivity index (χ0v) is 17.4. The summed E-state index contributed by atoms with van der Waals surface area (Å²) in [5.74, 6) is 2.02. The van der Waals surface area contributed by atoms with Gasteiger partial charge in [-0.05, 0) is 49.1 Å². The summed E-state index contributed by atoms with van der Waals surface area (Å²) >= 11 is 1.77.